The SMILES string of the molecule is CC(C)N1CCN(c2cccc(F)c2NC(=O)N2CCC(C)(c3noc(C4CC4)n3)CC2)CC1. The quantitative estimate of drug-likeness (QED) is 0.706. The third-order valence-electron chi connectivity index (χ3n) is 7.67. The molecule has 0 unspecified atom stereocenters. The minimum Gasteiger partial charge on any atom is -0.367 e. The van der Waals surface area contributed by atoms with Crippen molar-refractivity contribution in [3.63, 3.8) is 0 Å². The zero-order valence-corrected chi connectivity index (χ0v) is 20.4. The predicted octanol–water partition coefficient (Wildman–Crippen LogP) is 4.20. The van der Waals surface area contributed by atoms with Gasteiger partial charge in [-0.25, -0.2) is 9.18 Å². The summed E-state index contributed by atoms with van der Waals surface area (Å²) in [4.78, 5) is 24.1. The van der Waals surface area contributed by atoms with E-state index in [9.17, 15) is 9.18 Å². The number of aromatic nitrogens is 2. The minimum atomic E-state index is -0.404. The van der Waals surface area contributed by atoms with Gasteiger partial charge in [0.1, 0.15) is 11.5 Å². The van der Waals surface area contributed by atoms with Gasteiger partial charge in [0.05, 0.1) is 5.69 Å². The highest BCUT2D eigenvalue weighted by Crippen LogP contribution is 2.41. The fourth-order valence-corrected chi connectivity index (χ4v) is 4.97. The van der Waals surface area contributed by atoms with Gasteiger partial charge in [-0.15, -0.1) is 0 Å². The summed E-state index contributed by atoms with van der Waals surface area (Å²) in [5, 5.41) is 7.12. The molecule has 1 saturated carbocycles. The third kappa shape index (κ3) is 4.62. The third-order valence-corrected chi connectivity index (χ3v) is 7.67. The first-order chi connectivity index (χ1) is 16.3. The normalized spacial score (nSPS) is 21.2. The second-order valence-corrected chi connectivity index (χ2v) is 10.5. The van der Waals surface area contributed by atoms with Crippen molar-refractivity contribution in [2.24, 2.45) is 0 Å². The van der Waals surface area contributed by atoms with Gasteiger partial charge in [-0.2, -0.15) is 4.98 Å². The van der Waals surface area contributed by atoms with Gasteiger partial charge in [0, 0.05) is 56.6 Å². The number of likely N-dealkylation sites (tertiary alicyclic amines) is 1. The number of halogens is 1. The monoisotopic (exact) mass is 470 g/mol. The van der Waals surface area contributed by atoms with Gasteiger partial charge in [0.15, 0.2) is 5.82 Å². The van der Waals surface area contributed by atoms with E-state index in [1.54, 1.807) is 11.0 Å². The summed E-state index contributed by atoms with van der Waals surface area (Å²) in [7, 11) is 0. The van der Waals surface area contributed by atoms with Crippen molar-refractivity contribution < 1.29 is 13.7 Å². The van der Waals surface area contributed by atoms with Crippen LogP contribution in [0, 0.1) is 5.82 Å². The van der Waals surface area contributed by atoms with E-state index in [0.29, 0.717) is 25.0 Å². The van der Waals surface area contributed by atoms with E-state index in [1.165, 1.54) is 6.07 Å². The standard InChI is InChI=1S/C25H35FN6O2/c1-17(2)30-13-15-31(16-14-30)20-6-4-5-19(26)21(20)27-24(33)32-11-9-25(3,10-12-32)23-28-22(34-29-23)18-7-8-18/h4-6,17-18H,7-16H2,1-3H3,(H,27,33). The van der Waals surface area contributed by atoms with Crippen molar-refractivity contribution >= 4 is 17.4 Å². The fraction of sp³-hybridized carbons (Fsp3) is 0.640. The number of carbonyl (C=O) groups is 1. The smallest absolute Gasteiger partial charge is 0.321 e. The Kier molecular flexibility index (Phi) is 6.22. The summed E-state index contributed by atoms with van der Waals surface area (Å²) < 4.78 is 20.3. The first-order valence-corrected chi connectivity index (χ1v) is 12.5. The average molecular weight is 471 g/mol. The summed E-state index contributed by atoms with van der Waals surface area (Å²) in [6.07, 6.45) is 3.73. The molecule has 184 valence electrons. The molecule has 0 atom stereocenters. The lowest BCUT2D eigenvalue weighted by molar-refractivity contribution is 0.169. The van der Waals surface area contributed by atoms with Crippen LogP contribution in [0.5, 0.6) is 0 Å². The molecule has 3 fully saturated rings. The molecule has 3 heterocycles. The molecule has 1 aromatic carbocycles. The van der Waals surface area contributed by atoms with Crippen LogP contribution in [0.25, 0.3) is 0 Å². The minimum absolute atomic E-state index is 0.216. The Morgan fingerprint density at radius 1 is 1.15 bits per heavy atom. The molecule has 9 heteroatoms. The average Bonchev–Trinajstić information content (AvgIpc) is 3.56. The van der Waals surface area contributed by atoms with Crippen molar-refractivity contribution in [3.8, 4) is 0 Å². The molecule has 2 aliphatic heterocycles. The van der Waals surface area contributed by atoms with E-state index in [2.05, 4.69) is 46.0 Å². The van der Waals surface area contributed by atoms with Crippen LogP contribution in [0.3, 0.4) is 0 Å². The topological polar surface area (TPSA) is 77.7 Å². The van der Waals surface area contributed by atoms with E-state index in [1.807, 2.05) is 6.07 Å². The number of carbonyl (C=O) groups excluding carboxylic acids is 1. The Hall–Kier alpha value is -2.68. The molecule has 1 N–H and O–H groups in total. The molecule has 2 amide bonds. The van der Waals surface area contributed by atoms with E-state index in [4.69, 9.17) is 4.52 Å². The highest BCUT2D eigenvalue weighted by atomic mass is 19.1. The molecule has 1 aliphatic carbocycles. The van der Waals surface area contributed by atoms with E-state index < -0.39 is 5.82 Å². The number of piperidine rings is 1. The van der Waals surface area contributed by atoms with Gasteiger partial charge >= 0.3 is 6.03 Å². The number of piperazine rings is 1. The number of nitrogens with zero attached hydrogens (tertiary/aromatic N) is 5. The Morgan fingerprint density at radius 2 is 1.85 bits per heavy atom. The number of anilines is 2. The molecule has 5 rings (SSSR count). The van der Waals surface area contributed by atoms with Crippen LogP contribution in [0.1, 0.15) is 64.1 Å². The first kappa shape index (κ1) is 23.1. The fourth-order valence-electron chi connectivity index (χ4n) is 4.97. The Balaban J connectivity index is 1.23. The lowest BCUT2D eigenvalue weighted by Gasteiger charge is -2.39. The Labute approximate surface area is 200 Å². The number of urea groups is 1. The van der Waals surface area contributed by atoms with Crippen LogP contribution in [0.2, 0.25) is 0 Å². The highest BCUT2D eigenvalue weighted by molar-refractivity contribution is 5.93. The Bertz CT molecular complexity index is 1020. The molecule has 8 nitrogen and oxygen atoms in total. The largest absolute Gasteiger partial charge is 0.367 e. The molecular weight excluding hydrogens is 435 g/mol. The van der Waals surface area contributed by atoms with Gasteiger partial charge in [-0.3, -0.25) is 4.90 Å². The second-order valence-electron chi connectivity index (χ2n) is 10.5. The molecule has 34 heavy (non-hydrogen) atoms. The molecule has 2 aromatic rings. The molecule has 2 saturated heterocycles. The van der Waals surface area contributed by atoms with Gasteiger partial charge in [0.2, 0.25) is 5.89 Å². The highest BCUT2D eigenvalue weighted by Gasteiger charge is 2.39. The van der Waals surface area contributed by atoms with Gasteiger partial charge in [0.25, 0.3) is 0 Å². The molecule has 3 aliphatic rings. The van der Waals surface area contributed by atoms with E-state index in [0.717, 1.165) is 69.3 Å². The van der Waals surface area contributed by atoms with Crippen molar-refractivity contribution in [3.05, 3.63) is 35.7 Å². The van der Waals surface area contributed by atoms with Crippen LogP contribution in [0.15, 0.2) is 22.7 Å². The van der Waals surface area contributed by atoms with Gasteiger partial charge in [-0.1, -0.05) is 18.1 Å². The number of para-hydroxylation sites is 1. The zero-order chi connectivity index (χ0) is 23.9. The summed E-state index contributed by atoms with van der Waals surface area (Å²) in [6, 6.07) is 5.24. The summed E-state index contributed by atoms with van der Waals surface area (Å²) in [5.74, 6) is 1.52. The van der Waals surface area contributed by atoms with Crippen LogP contribution in [-0.4, -0.2) is 71.3 Å². The molecule has 0 spiro atoms. The lowest BCUT2D eigenvalue weighted by atomic mass is 9.80. The summed E-state index contributed by atoms with van der Waals surface area (Å²) in [6.45, 7) is 11.1. The molecule has 0 bridgehead atoms. The van der Waals surface area contributed by atoms with Gasteiger partial charge < -0.3 is 19.6 Å². The zero-order valence-electron chi connectivity index (χ0n) is 20.4. The number of hydrogen-bond acceptors (Lipinski definition) is 6. The maximum Gasteiger partial charge on any atom is 0.321 e. The van der Waals surface area contributed by atoms with E-state index in [-0.39, 0.29) is 17.1 Å². The lowest BCUT2D eigenvalue weighted by Crippen LogP contribution is -2.49. The van der Waals surface area contributed by atoms with Crippen molar-refractivity contribution in [2.75, 3.05) is 49.5 Å². The first-order valence-electron chi connectivity index (χ1n) is 12.5. The molecular formula is C25H35FN6O2. The Morgan fingerprint density at radius 3 is 2.50 bits per heavy atom. The van der Waals surface area contributed by atoms with Gasteiger partial charge in [-0.05, 0) is 51.7 Å². The number of amides is 2. The van der Waals surface area contributed by atoms with Crippen LogP contribution < -0.4 is 10.2 Å². The van der Waals surface area contributed by atoms with Crippen molar-refractivity contribution in [1.82, 2.24) is 19.9 Å². The summed E-state index contributed by atoms with van der Waals surface area (Å²) in [5.41, 5.74) is 0.802. The van der Waals surface area contributed by atoms with Crippen molar-refractivity contribution in [2.45, 2.75) is 63.8 Å². The number of hydrogen-bond donors (Lipinski definition) is 1. The van der Waals surface area contributed by atoms with Crippen LogP contribution >= 0.6 is 0 Å². The molecule has 1 aromatic heterocycles. The number of nitrogens with one attached hydrogen (secondary N) is 1. The van der Waals surface area contributed by atoms with Crippen LogP contribution in [-0.2, 0) is 5.41 Å². The molecule has 0 radical (unpaired) electrons. The maximum atomic E-state index is 14.9. The number of rotatable bonds is 5. The van der Waals surface area contributed by atoms with E-state index >= 15 is 0 Å². The second kappa shape index (κ2) is 9.17. The van der Waals surface area contributed by atoms with Crippen LogP contribution in [0.4, 0.5) is 20.6 Å². The predicted molar refractivity (Wildman–Crippen MR) is 129 cm³/mol. The number of benzene rings is 1. The maximum absolute atomic E-state index is 14.9. The van der Waals surface area contributed by atoms with Crippen molar-refractivity contribution in [1.29, 1.82) is 0 Å². The summed E-state index contributed by atoms with van der Waals surface area (Å²) >= 11 is 0.